The minimum absolute atomic E-state index is 0.539. The Hall–Kier alpha value is -1.43. The summed E-state index contributed by atoms with van der Waals surface area (Å²) in [6.07, 6.45) is 0. The monoisotopic (exact) mass is 279 g/mol. The van der Waals surface area contributed by atoms with Crippen molar-refractivity contribution >= 4 is 23.5 Å². The van der Waals surface area contributed by atoms with Crippen LogP contribution in [0.1, 0.15) is 5.69 Å². The maximum atomic E-state index is 6.02. The summed E-state index contributed by atoms with van der Waals surface area (Å²) in [6.45, 7) is 2.52. The lowest BCUT2D eigenvalue weighted by atomic mass is 10.3. The lowest BCUT2D eigenvalue weighted by molar-refractivity contribution is 0.455. The SMILES string of the molecule is CN(C)c1cccc(CN=C(N)N2CCSCC2)n1. The van der Waals surface area contributed by atoms with Gasteiger partial charge in [-0.2, -0.15) is 11.8 Å². The second-order valence-corrected chi connectivity index (χ2v) is 5.88. The molecule has 0 atom stereocenters. The lowest BCUT2D eigenvalue weighted by Crippen LogP contribution is -2.42. The Kier molecular flexibility index (Phi) is 4.90. The molecule has 6 heteroatoms. The molecule has 0 bridgehead atoms. The van der Waals surface area contributed by atoms with E-state index in [0.717, 1.165) is 36.1 Å². The summed E-state index contributed by atoms with van der Waals surface area (Å²) in [5.74, 6) is 3.84. The van der Waals surface area contributed by atoms with Gasteiger partial charge in [-0.3, -0.25) is 0 Å². The van der Waals surface area contributed by atoms with E-state index in [9.17, 15) is 0 Å². The van der Waals surface area contributed by atoms with Gasteiger partial charge in [0.25, 0.3) is 0 Å². The van der Waals surface area contributed by atoms with E-state index in [1.165, 1.54) is 0 Å². The van der Waals surface area contributed by atoms with Crippen molar-refractivity contribution in [1.29, 1.82) is 0 Å². The smallest absolute Gasteiger partial charge is 0.191 e. The highest BCUT2D eigenvalue weighted by atomic mass is 32.2. The number of rotatable bonds is 3. The van der Waals surface area contributed by atoms with Gasteiger partial charge in [0.1, 0.15) is 5.82 Å². The van der Waals surface area contributed by atoms with Crippen molar-refractivity contribution in [2.75, 3.05) is 43.6 Å². The molecule has 1 aromatic rings. The number of aliphatic imine (C=N–C) groups is 1. The predicted octanol–water partition coefficient (Wildman–Crippen LogP) is 1.01. The van der Waals surface area contributed by atoms with Crippen molar-refractivity contribution in [1.82, 2.24) is 9.88 Å². The number of anilines is 1. The summed E-state index contributed by atoms with van der Waals surface area (Å²) in [5, 5.41) is 0. The molecular weight excluding hydrogens is 258 g/mol. The molecule has 2 rings (SSSR count). The van der Waals surface area contributed by atoms with Gasteiger partial charge < -0.3 is 15.5 Å². The Morgan fingerprint density at radius 2 is 2.16 bits per heavy atom. The Bertz CT molecular complexity index is 440. The molecule has 0 aliphatic carbocycles. The Balaban J connectivity index is 1.98. The largest absolute Gasteiger partial charge is 0.370 e. The minimum Gasteiger partial charge on any atom is -0.370 e. The van der Waals surface area contributed by atoms with Crippen LogP contribution >= 0.6 is 11.8 Å². The molecule has 1 aliphatic heterocycles. The van der Waals surface area contributed by atoms with E-state index in [0.29, 0.717) is 12.5 Å². The molecule has 0 radical (unpaired) electrons. The zero-order chi connectivity index (χ0) is 13.7. The zero-order valence-electron chi connectivity index (χ0n) is 11.5. The molecule has 1 saturated heterocycles. The third-order valence-corrected chi connectivity index (χ3v) is 3.93. The molecule has 1 fully saturated rings. The number of guanidine groups is 1. The number of aromatic nitrogens is 1. The number of nitrogens with zero attached hydrogens (tertiary/aromatic N) is 4. The van der Waals surface area contributed by atoms with E-state index in [2.05, 4.69) is 14.9 Å². The summed E-state index contributed by atoms with van der Waals surface area (Å²) in [7, 11) is 3.96. The molecule has 1 aromatic heterocycles. The van der Waals surface area contributed by atoms with Crippen molar-refractivity contribution in [3.8, 4) is 0 Å². The highest BCUT2D eigenvalue weighted by molar-refractivity contribution is 7.99. The summed E-state index contributed by atoms with van der Waals surface area (Å²) >= 11 is 1.97. The number of pyridine rings is 1. The van der Waals surface area contributed by atoms with E-state index >= 15 is 0 Å². The van der Waals surface area contributed by atoms with Crippen LogP contribution in [0.5, 0.6) is 0 Å². The van der Waals surface area contributed by atoms with Crippen molar-refractivity contribution in [2.24, 2.45) is 10.7 Å². The van der Waals surface area contributed by atoms with Crippen molar-refractivity contribution in [2.45, 2.75) is 6.54 Å². The topological polar surface area (TPSA) is 57.8 Å². The maximum absolute atomic E-state index is 6.02. The van der Waals surface area contributed by atoms with Crippen molar-refractivity contribution < 1.29 is 0 Å². The maximum Gasteiger partial charge on any atom is 0.191 e. The van der Waals surface area contributed by atoms with Crippen molar-refractivity contribution in [3.63, 3.8) is 0 Å². The average molecular weight is 279 g/mol. The van der Waals surface area contributed by atoms with Gasteiger partial charge in [-0.1, -0.05) is 6.07 Å². The van der Waals surface area contributed by atoms with Gasteiger partial charge in [0.2, 0.25) is 0 Å². The van der Waals surface area contributed by atoms with Crippen LogP contribution in [0.15, 0.2) is 23.2 Å². The second-order valence-electron chi connectivity index (χ2n) is 4.66. The van der Waals surface area contributed by atoms with Gasteiger partial charge in [-0.15, -0.1) is 0 Å². The number of hydrogen-bond acceptors (Lipinski definition) is 4. The molecule has 0 spiro atoms. The van der Waals surface area contributed by atoms with Gasteiger partial charge in [-0.25, -0.2) is 9.98 Å². The van der Waals surface area contributed by atoms with Gasteiger partial charge in [0, 0.05) is 38.7 Å². The Morgan fingerprint density at radius 3 is 2.84 bits per heavy atom. The minimum atomic E-state index is 0.539. The highest BCUT2D eigenvalue weighted by Gasteiger charge is 2.11. The fraction of sp³-hybridized carbons (Fsp3) is 0.538. The van der Waals surface area contributed by atoms with Crippen LogP contribution in [0.25, 0.3) is 0 Å². The van der Waals surface area contributed by atoms with Crippen LogP contribution in [0, 0.1) is 0 Å². The number of thioether (sulfide) groups is 1. The lowest BCUT2D eigenvalue weighted by Gasteiger charge is -2.27. The molecule has 0 unspecified atom stereocenters. The molecule has 2 N–H and O–H groups in total. The summed E-state index contributed by atoms with van der Waals surface area (Å²) < 4.78 is 0. The molecule has 5 nitrogen and oxygen atoms in total. The van der Waals surface area contributed by atoms with Gasteiger partial charge in [-0.05, 0) is 12.1 Å². The van der Waals surface area contributed by atoms with E-state index < -0.39 is 0 Å². The molecule has 2 heterocycles. The molecular formula is C13H21N5S. The fourth-order valence-corrected chi connectivity index (χ4v) is 2.76. The van der Waals surface area contributed by atoms with Crippen LogP contribution in [0.4, 0.5) is 5.82 Å². The van der Waals surface area contributed by atoms with E-state index in [1.54, 1.807) is 0 Å². The molecule has 0 amide bonds. The van der Waals surface area contributed by atoms with Gasteiger partial charge in [0.15, 0.2) is 5.96 Å². The first-order chi connectivity index (χ1) is 9.16. The Labute approximate surface area is 118 Å². The highest BCUT2D eigenvalue weighted by Crippen LogP contribution is 2.10. The zero-order valence-corrected chi connectivity index (χ0v) is 12.4. The molecule has 0 aromatic carbocycles. The van der Waals surface area contributed by atoms with Gasteiger partial charge >= 0.3 is 0 Å². The van der Waals surface area contributed by atoms with Crippen LogP contribution < -0.4 is 10.6 Å². The van der Waals surface area contributed by atoms with Crippen LogP contribution in [0.3, 0.4) is 0 Å². The Morgan fingerprint density at radius 1 is 1.42 bits per heavy atom. The first-order valence-electron chi connectivity index (χ1n) is 6.42. The quantitative estimate of drug-likeness (QED) is 0.661. The molecule has 1 aliphatic rings. The van der Waals surface area contributed by atoms with E-state index in [4.69, 9.17) is 5.73 Å². The summed E-state index contributed by atoms with van der Waals surface area (Å²) in [4.78, 5) is 13.1. The molecule has 0 saturated carbocycles. The van der Waals surface area contributed by atoms with E-state index in [1.807, 2.05) is 49.0 Å². The summed E-state index contributed by atoms with van der Waals surface area (Å²) in [5.41, 5.74) is 6.97. The molecule has 104 valence electrons. The number of nitrogens with two attached hydrogens (primary N) is 1. The standard InChI is InChI=1S/C13H21N5S/c1-17(2)12-5-3-4-11(16-12)10-15-13(14)18-6-8-19-9-7-18/h3-5H,6-10H2,1-2H3,(H2,14,15). The van der Waals surface area contributed by atoms with E-state index in [-0.39, 0.29) is 0 Å². The normalized spacial score (nSPS) is 16.5. The first-order valence-corrected chi connectivity index (χ1v) is 7.58. The van der Waals surface area contributed by atoms with Crippen LogP contribution in [0.2, 0.25) is 0 Å². The third-order valence-electron chi connectivity index (χ3n) is 2.99. The number of hydrogen-bond donors (Lipinski definition) is 1. The average Bonchev–Trinajstić information content (AvgIpc) is 2.46. The second kappa shape index (κ2) is 6.65. The van der Waals surface area contributed by atoms with Gasteiger partial charge in [0.05, 0.1) is 12.2 Å². The van der Waals surface area contributed by atoms with Crippen molar-refractivity contribution in [3.05, 3.63) is 23.9 Å². The third kappa shape index (κ3) is 4.02. The van der Waals surface area contributed by atoms with Crippen LogP contribution in [-0.4, -0.2) is 54.5 Å². The fourth-order valence-electron chi connectivity index (χ4n) is 1.86. The first kappa shape index (κ1) is 14.0. The predicted molar refractivity (Wildman–Crippen MR) is 82.8 cm³/mol. The van der Waals surface area contributed by atoms with Crippen LogP contribution in [-0.2, 0) is 6.54 Å². The summed E-state index contributed by atoms with van der Waals surface area (Å²) in [6, 6.07) is 5.97. The molecule has 19 heavy (non-hydrogen) atoms.